The maximum Gasteiger partial charge on any atom is 0.119 e. The Morgan fingerprint density at radius 3 is 2.62 bits per heavy atom. The molecule has 2 aromatic rings. The summed E-state index contributed by atoms with van der Waals surface area (Å²) in [7, 11) is 0. The van der Waals surface area contributed by atoms with Gasteiger partial charge in [-0.05, 0) is 30.7 Å². The summed E-state index contributed by atoms with van der Waals surface area (Å²) in [6, 6.07) is 15.3. The lowest BCUT2D eigenvalue weighted by Gasteiger charge is -2.12. The molecule has 0 atom stereocenters. The van der Waals surface area contributed by atoms with Gasteiger partial charge in [-0.25, -0.2) is 0 Å². The molecule has 3 nitrogen and oxygen atoms in total. The monoisotopic (exact) mass is 320 g/mol. The third kappa shape index (κ3) is 4.62. The summed E-state index contributed by atoms with van der Waals surface area (Å²) in [6.45, 7) is 1.39. The first-order chi connectivity index (χ1) is 10.2. The van der Waals surface area contributed by atoms with E-state index in [0.29, 0.717) is 22.2 Å². The van der Waals surface area contributed by atoms with Gasteiger partial charge in [-0.2, -0.15) is 0 Å². The van der Waals surface area contributed by atoms with Crippen molar-refractivity contribution in [1.29, 1.82) is 0 Å². The smallest absolute Gasteiger partial charge is 0.119 e. The summed E-state index contributed by atoms with van der Waals surface area (Å²) in [5.74, 6) is 0.879. The Morgan fingerprint density at radius 1 is 1.14 bits per heavy atom. The molecule has 0 amide bonds. The van der Waals surface area contributed by atoms with E-state index in [1.165, 1.54) is 0 Å². The van der Waals surface area contributed by atoms with Gasteiger partial charge in [0.05, 0.1) is 17.2 Å². The van der Waals surface area contributed by atoms with Gasteiger partial charge in [0.15, 0.2) is 0 Å². The van der Waals surface area contributed by atoms with Gasteiger partial charge in [0.1, 0.15) is 10.7 Å². The van der Waals surface area contributed by atoms with E-state index in [0.717, 1.165) is 24.4 Å². The first kappa shape index (κ1) is 15.6. The average molecular weight is 321 g/mol. The number of nitrogens with one attached hydrogen (secondary N) is 1. The summed E-state index contributed by atoms with van der Waals surface area (Å²) in [6.07, 6.45) is 0.859. The minimum Gasteiger partial charge on any atom is -0.494 e. The molecule has 0 fully saturated rings. The van der Waals surface area contributed by atoms with Crippen molar-refractivity contribution in [1.82, 2.24) is 0 Å². The van der Waals surface area contributed by atoms with Crippen molar-refractivity contribution in [3.05, 3.63) is 59.1 Å². The summed E-state index contributed by atoms with van der Waals surface area (Å²) in [5, 5.41) is 3.85. The van der Waals surface area contributed by atoms with Gasteiger partial charge in [0.25, 0.3) is 0 Å². The Kier molecular flexibility index (Phi) is 5.84. The van der Waals surface area contributed by atoms with Gasteiger partial charge < -0.3 is 15.8 Å². The van der Waals surface area contributed by atoms with E-state index in [-0.39, 0.29) is 0 Å². The predicted octanol–water partition coefficient (Wildman–Crippen LogP) is 3.86. The number of ether oxygens (including phenoxy) is 1. The second-order valence-corrected chi connectivity index (χ2v) is 5.32. The Morgan fingerprint density at radius 2 is 1.90 bits per heavy atom. The SMILES string of the molecule is NC(=S)c1c(Cl)cccc1NCCCOc1ccccc1. The molecular weight excluding hydrogens is 304 g/mol. The molecule has 5 heteroatoms. The lowest BCUT2D eigenvalue weighted by Crippen LogP contribution is -2.15. The van der Waals surface area contributed by atoms with E-state index in [4.69, 9.17) is 34.3 Å². The number of halogens is 1. The van der Waals surface area contributed by atoms with Crippen LogP contribution in [0.15, 0.2) is 48.5 Å². The van der Waals surface area contributed by atoms with E-state index in [1.807, 2.05) is 42.5 Å². The number of nitrogens with two attached hydrogens (primary N) is 1. The van der Waals surface area contributed by atoms with Crippen molar-refractivity contribution >= 4 is 34.5 Å². The number of benzene rings is 2. The fourth-order valence-electron chi connectivity index (χ4n) is 1.92. The lowest BCUT2D eigenvalue weighted by atomic mass is 10.1. The molecule has 0 heterocycles. The number of thiocarbonyl (C=S) groups is 1. The molecule has 2 rings (SSSR count). The predicted molar refractivity (Wildman–Crippen MR) is 92.4 cm³/mol. The molecule has 2 aromatic carbocycles. The minimum absolute atomic E-state index is 0.295. The third-order valence-electron chi connectivity index (χ3n) is 2.91. The zero-order chi connectivity index (χ0) is 15.1. The van der Waals surface area contributed by atoms with Crippen LogP contribution in [0.1, 0.15) is 12.0 Å². The average Bonchev–Trinajstić information content (AvgIpc) is 2.47. The molecule has 0 aliphatic rings. The van der Waals surface area contributed by atoms with Crippen LogP contribution in [0.4, 0.5) is 5.69 Å². The van der Waals surface area contributed by atoms with E-state index in [2.05, 4.69) is 5.32 Å². The maximum atomic E-state index is 6.11. The minimum atomic E-state index is 0.295. The normalized spacial score (nSPS) is 10.1. The Hall–Kier alpha value is -1.78. The standard InChI is InChI=1S/C16H17ClN2OS/c17-13-8-4-9-14(15(13)16(18)21)19-10-5-11-20-12-6-2-1-3-7-12/h1-4,6-9,19H,5,10-11H2,(H2,18,21). The van der Waals surface area contributed by atoms with Gasteiger partial charge in [0.2, 0.25) is 0 Å². The van der Waals surface area contributed by atoms with Crippen molar-refractivity contribution in [2.45, 2.75) is 6.42 Å². The van der Waals surface area contributed by atoms with E-state index >= 15 is 0 Å². The molecule has 110 valence electrons. The highest BCUT2D eigenvalue weighted by atomic mass is 35.5. The molecule has 0 aliphatic carbocycles. The summed E-state index contributed by atoms with van der Waals surface area (Å²) >= 11 is 11.1. The van der Waals surface area contributed by atoms with Crippen LogP contribution in [-0.4, -0.2) is 18.1 Å². The Bertz CT molecular complexity index is 604. The molecule has 0 radical (unpaired) electrons. The lowest BCUT2D eigenvalue weighted by molar-refractivity contribution is 0.315. The van der Waals surface area contributed by atoms with Gasteiger partial charge in [0, 0.05) is 12.2 Å². The molecule has 3 N–H and O–H groups in total. The highest BCUT2D eigenvalue weighted by Crippen LogP contribution is 2.24. The van der Waals surface area contributed by atoms with Gasteiger partial charge in [-0.15, -0.1) is 0 Å². The van der Waals surface area contributed by atoms with Crippen LogP contribution in [0.5, 0.6) is 5.75 Å². The van der Waals surface area contributed by atoms with Crippen LogP contribution < -0.4 is 15.8 Å². The molecule has 0 saturated heterocycles. The number of anilines is 1. The number of hydrogen-bond acceptors (Lipinski definition) is 3. The van der Waals surface area contributed by atoms with Crippen molar-refractivity contribution in [3.8, 4) is 5.75 Å². The fourth-order valence-corrected chi connectivity index (χ4v) is 2.48. The second kappa shape index (κ2) is 7.86. The van der Waals surface area contributed by atoms with E-state index < -0.39 is 0 Å². The molecule has 21 heavy (non-hydrogen) atoms. The molecule has 0 unspecified atom stereocenters. The number of rotatable bonds is 7. The number of para-hydroxylation sites is 1. The van der Waals surface area contributed by atoms with Gasteiger partial charge >= 0.3 is 0 Å². The van der Waals surface area contributed by atoms with Gasteiger partial charge in [-0.3, -0.25) is 0 Å². The first-order valence-corrected chi connectivity index (χ1v) is 7.47. The zero-order valence-electron chi connectivity index (χ0n) is 11.5. The highest BCUT2D eigenvalue weighted by molar-refractivity contribution is 7.80. The maximum absolute atomic E-state index is 6.11. The third-order valence-corrected chi connectivity index (χ3v) is 3.43. The van der Waals surface area contributed by atoms with Crippen LogP contribution in [0.2, 0.25) is 5.02 Å². The molecule has 0 spiro atoms. The largest absolute Gasteiger partial charge is 0.494 e. The molecule has 0 aromatic heterocycles. The van der Waals surface area contributed by atoms with Crippen LogP contribution in [-0.2, 0) is 0 Å². The van der Waals surface area contributed by atoms with Crippen LogP contribution >= 0.6 is 23.8 Å². The van der Waals surface area contributed by atoms with Crippen molar-refractivity contribution in [2.24, 2.45) is 5.73 Å². The highest BCUT2D eigenvalue weighted by Gasteiger charge is 2.08. The van der Waals surface area contributed by atoms with E-state index in [9.17, 15) is 0 Å². The summed E-state index contributed by atoms with van der Waals surface area (Å²) in [5.41, 5.74) is 7.25. The second-order valence-electron chi connectivity index (χ2n) is 4.47. The first-order valence-electron chi connectivity index (χ1n) is 6.68. The van der Waals surface area contributed by atoms with Crippen molar-refractivity contribution < 1.29 is 4.74 Å². The fraction of sp³-hybridized carbons (Fsp3) is 0.188. The summed E-state index contributed by atoms with van der Waals surface area (Å²) in [4.78, 5) is 0.295. The molecule has 0 bridgehead atoms. The van der Waals surface area contributed by atoms with Crippen molar-refractivity contribution in [3.63, 3.8) is 0 Å². The van der Waals surface area contributed by atoms with Gasteiger partial charge in [-0.1, -0.05) is 48.1 Å². The van der Waals surface area contributed by atoms with Crippen LogP contribution in [0.25, 0.3) is 0 Å². The number of hydrogen-bond donors (Lipinski definition) is 2. The van der Waals surface area contributed by atoms with Crippen molar-refractivity contribution in [2.75, 3.05) is 18.5 Å². The van der Waals surface area contributed by atoms with Crippen LogP contribution in [0.3, 0.4) is 0 Å². The topological polar surface area (TPSA) is 47.3 Å². The molecule has 0 aliphatic heterocycles. The zero-order valence-corrected chi connectivity index (χ0v) is 13.1. The van der Waals surface area contributed by atoms with E-state index in [1.54, 1.807) is 6.07 Å². The summed E-state index contributed by atoms with van der Waals surface area (Å²) < 4.78 is 5.63. The molecule has 0 saturated carbocycles. The quantitative estimate of drug-likeness (QED) is 0.601. The molecular formula is C16H17ClN2OS. The Labute approximate surface area is 135 Å². The Balaban J connectivity index is 1.81. The van der Waals surface area contributed by atoms with Crippen LogP contribution in [0, 0.1) is 0 Å².